The van der Waals surface area contributed by atoms with Crippen LogP contribution in [0.4, 0.5) is 0 Å². The van der Waals surface area contributed by atoms with Gasteiger partial charge in [0.1, 0.15) is 0 Å². The molecule has 0 bridgehead atoms. The van der Waals surface area contributed by atoms with Gasteiger partial charge >= 0.3 is 0 Å². The molecule has 0 saturated carbocycles. The number of halogens is 2. The van der Waals surface area contributed by atoms with Crippen molar-refractivity contribution in [3.8, 4) is 0 Å². The number of hydrogen-bond acceptors (Lipinski definition) is 1. The largest absolute Gasteiger partial charge is 0.294 e. The molecule has 1 aliphatic rings. The van der Waals surface area contributed by atoms with Gasteiger partial charge in [-0.3, -0.25) is 4.99 Å². The first-order valence-corrected chi connectivity index (χ1v) is 7.74. The molecule has 1 aliphatic carbocycles. The van der Waals surface area contributed by atoms with E-state index in [1.165, 1.54) is 15.7 Å². The monoisotopic (exact) mass is 431 g/mol. The third-order valence-electron chi connectivity index (χ3n) is 3.06. The van der Waals surface area contributed by atoms with Gasteiger partial charge in [0.25, 0.3) is 0 Å². The molecule has 2 unspecified atom stereocenters. The summed E-state index contributed by atoms with van der Waals surface area (Å²) in [4.78, 5) is 4.58. The quantitative estimate of drug-likeness (QED) is 0.344. The van der Waals surface area contributed by atoms with Crippen LogP contribution >= 0.6 is 45.2 Å². The van der Waals surface area contributed by atoms with Crippen LogP contribution in [0.1, 0.15) is 34.1 Å². The first-order chi connectivity index (χ1) is 6.88. The number of rotatable bonds is 2. The molecule has 15 heavy (non-hydrogen) atoms. The number of hydrogen-bond donors (Lipinski definition) is 0. The molecule has 1 rings (SSSR count). The lowest BCUT2D eigenvalue weighted by Gasteiger charge is -2.38. The maximum absolute atomic E-state index is 4.58. The zero-order chi connectivity index (χ0) is 11.6. The van der Waals surface area contributed by atoms with Crippen LogP contribution in [-0.4, -0.2) is 16.2 Å². The van der Waals surface area contributed by atoms with Gasteiger partial charge in [0, 0.05) is 25.7 Å². The second kappa shape index (κ2) is 5.47. The highest BCUT2D eigenvalue weighted by Gasteiger charge is 2.36. The maximum Gasteiger partial charge on any atom is 0.0421 e. The molecule has 3 heteroatoms. The smallest absolute Gasteiger partial charge is 0.0421 e. The molecule has 0 fully saturated rings. The first kappa shape index (κ1) is 13.9. The molecule has 86 valence electrons. The lowest BCUT2D eigenvalue weighted by Crippen LogP contribution is -2.34. The molecular formula is C12H19I2N. The average Bonchev–Trinajstić information content (AvgIpc) is 2.11. The van der Waals surface area contributed by atoms with E-state index in [-0.39, 0.29) is 5.41 Å². The summed E-state index contributed by atoms with van der Waals surface area (Å²) in [5.74, 6) is 0.609. The minimum Gasteiger partial charge on any atom is -0.294 e. The van der Waals surface area contributed by atoms with Crippen LogP contribution < -0.4 is 0 Å². The zero-order valence-electron chi connectivity index (χ0n) is 9.85. The molecule has 0 saturated heterocycles. The summed E-state index contributed by atoms with van der Waals surface area (Å²) < 4.78 is 2.17. The van der Waals surface area contributed by atoms with Gasteiger partial charge in [-0.25, -0.2) is 0 Å². The van der Waals surface area contributed by atoms with E-state index in [9.17, 15) is 0 Å². The Morgan fingerprint density at radius 1 is 1.60 bits per heavy atom. The molecule has 0 aromatic rings. The Labute approximate surface area is 120 Å². The normalized spacial score (nSPS) is 31.3. The number of allylic oxidation sites excluding steroid dienone is 2. The van der Waals surface area contributed by atoms with Gasteiger partial charge in [-0.05, 0) is 48.3 Å². The van der Waals surface area contributed by atoms with Gasteiger partial charge in [0.05, 0.1) is 0 Å². The Kier molecular flexibility index (Phi) is 5.08. The highest BCUT2D eigenvalue weighted by atomic mass is 127. The molecule has 0 N–H and O–H groups in total. The summed E-state index contributed by atoms with van der Waals surface area (Å²) in [6.45, 7) is 9.86. The van der Waals surface area contributed by atoms with E-state index in [0.29, 0.717) is 9.84 Å². The van der Waals surface area contributed by atoms with Crippen LogP contribution in [-0.2, 0) is 0 Å². The van der Waals surface area contributed by atoms with Crippen LogP contribution in [0.25, 0.3) is 0 Å². The van der Waals surface area contributed by atoms with E-state index >= 15 is 0 Å². The van der Waals surface area contributed by atoms with E-state index in [1.54, 1.807) is 0 Å². The predicted molar refractivity (Wildman–Crippen MR) is 85.4 cm³/mol. The van der Waals surface area contributed by atoms with E-state index in [4.69, 9.17) is 0 Å². The van der Waals surface area contributed by atoms with E-state index in [1.807, 2.05) is 0 Å². The highest BCUT2D eigenvalue weighted by molar-refractivity contribution is 14.1. The molecule has 0 aromatic heterocycles. The van der Waals surface area contributed by atoms with Crippen molar-refractivity contribution in [1.82, 2.24) is 0 Å². The molecule has 0 amide bonds. The van der Waals surface area contributed by atoms with Crippen LogP contribution in [0.5, 0.6) is 0 Å². The van der Waals surface area contributed by atoms with Gasteiger partial charge in [0.15, 0.2) is 0 Å². The Hall–Kier alpha value is 0.870. The van der Waals surface area contributed by atoms with Crippen LogP contribution in [0.2, 0.25) is 0 Å². The van der Waals surface area contributed by atoms with Gasteiger partial charge in [-0.15, -0.1) is 0 Å². The van der Waals surface area contributed by atoms with Crippen molar-refractivity contribution in [2.24, 2.45) is 16.3 Å². The maximum atomic E-state index is 4.58. The minimum absolute atomic E-state index is 0.265. The second-order valence-corrected chi connectivity index (χ2v) is 7.47. The molecule has 0 aliphatic heterocycles. The van der Waals surface area contributed by atoms with Crippen LogP contribution in [0, 0.1) is 11.3 Å². The Morgan fingerprint density at radius 3 is 2.73 bits per heavy atom. The third kappa shape index (κ3) is 3.41. The minimum atomic E-state index is 0.265. The van der Waals surface area contributed by atoms with Gasteiger partial charge in [0.2, 0.25) is 0 Å². The molecule has 0 heterocycles. The Balaban J connectivity index is 2.97. The molecule has 1 nitrogen and oxygen atoms in total. The van der Waals surface area contributed by atoms with Gasteiger partial charge < -0.3 is 0 Å². The lowest BCUT2D eigenvalue weighted by molar-refractivity contribution is 0.335. The van der Waals surface area contributed by atoms with E-state index in [0.717, 1.165) is 6.54 Å². The summed E-state index contributed by atoms with van der Waals surface area (Å²) in [6, 6.07) is 0. The summed E-state index contributed by atoms with van der Waals surface area (Å²) in [7, 11) is 0. The fraction of sp³-hybridized carbons (Fsp3) is 0.750. The molecule has 2 atom stereocenters. The summed E-state index contributed by atoms with van der Waals surface area (Å²) in [6.07, 6.45) is 3.66. The summed E-state index contributed by atoms with van der Waals surface area (Å²) in [5, 5.41) is 0. The van der Waals surface area contributed by atoms with Gasteiger partial charge in [-0.2, -0.15) is 0 Å². The number of aliphatic imine (C=N–C) groups is 1. The fourth-order valence-corrected chi connectivity index (χ4v) is 3.98. The summed E-state index contributed by atoms with van der Waals surface area (Å²) >= 11 is 5.02. The standard InChI is InChI=1S/C12H19I2N/c1-5-15-8(2)9-6-10(13)11(14)7-12(9,3)4/h7,9-10H,5-6H2,1-4H3/b15-8-. The molecular weight excluding hydrogens is 412 g/mol. The fourth-order valence-electron chi connectivity index (χ4n) is 2.24. The van der Waals surface area contributed by atoms with Crippen molar-refractivity contribution >= 4 is 50.9 Å². The third-order valence-corrected chi connectivity index (χ3v) is 6.50. The molecule has 0 radical (unpaired) electrons. The van der Waals surface area contributed by atoms with E-state index in [2.05, 4.69) is 83.9 Å². The van der Waals surface area contributed by atoms with Crippen molar-refractivity contribution in [2.75, 3.05) is 6.54 Å². The number of nitrogens with zero attached hydrogens (tertiary/aromatic N) is 1. The lowest BCUT2D eigenvalue weighted by atomic mass is 9.71. The second-order valence-electron chi connectivity index (χ2n) is 4.72. The number of alkyl halides is 1. The SMILES string of the molecule is CC/N=C(/C)C1CC(I)C(I)=CC1(C)C. The molecule has 0 spiro atoms. The Bertz CT molecular complexity index is 292. The topological polar surface area (TPSA) is 12.4 Å². The van der Waals surface area contributed by atoms with Crippen LogP contribution in [0.3, 0.4) is 0 Å². The van der Waals surface area contributed by atoms with Crippen LogP contribution in [0.15, 0.2) is 14.6 Å². The first-order valence-electron chi connectivity index (χ1n) is 5.41. The van der Waals surface area contributed by atoms with Crippen molar-refractivity contribution in [3.05, 3.63) is 9.66 Å². The van der Waals surface area contributed by atoms with Crippen molar-refractivity contribution in [3.63, 3.8) is 0 Å². The van der Waals surface area contributed by atoms with Crippen molar-refractivity contribution in [2.45, 2.75) is 38.0 Å². The van der Waals surface area contributed by atoms with Gasteiger partial charge in [-0.1, -0.05) is 42.5 Å². The van der Waals surface area contributed by atoms with Crippen molar-refractivity contribution < 1.29 is 0 Å². The van der Waals surface area contributed by atoms with Crippen molar-refractivity contribution in [1.29, 1.82) is 0 Å². The zero-order valence-corrected chi connectivity index (χ0v) is 14.2. The summed E-state index contributed by atoms with van der Waals surface area (Å²) in [5.41, 5.74) is 1.59. The highest BCUT2D eigenvalue weighted by Crippen LogP contribution is 2.44. The Morgan fingerprint density at radius 2 is 2.20 bits per heavy atom. The average molecular weight is 431 g/mol. The predicted octanol–water partition coefficient (Wildman–Crippen LogP) is 4.64. The van der Waals surface area contributed by atoms with E-state index < -0.39 is 0 Å². The molecule has 0 aromatic carbocycles.